The Hall–Kier alpha value is -0.450. The topological polar surface area (TPSA) is 17.1 Å². The summed E-state index contributed by atoms with van der Waals surface area (Å²) < 4.78 is 1.10. The summed E-state index contributed by atoms with van der Waals surface area (Å²) in [5.41, 5.74) is 0.662. The van der Waals surface area contributed by atoms with Crippen LogP contribution in [0.15, 0.2) is 27.3 Å². The lowest BCUT2D eigenvalue weighted by atomic mass is 10.2. The van der Waals surface area contributed by atoms with Gasteiger partial charge < -0.3 is 0 Å². The van der Waals surface area contributed by atoms with Crippen molar-refractivity contribution in [2.45, 2.75) is 9.79 Å². The molecule has 0 amide bonds. The normalized spacial score (nSPS) is 10.7. The van der Waals surface area contributed by atoms with Crippen LogP contribution in [-0.4, -0.2) is 12.5 Å². The third-order valence-corrected chi connectivity index (χ3v) is 4.63. The Bertz CT molecular complexity index is 487. The lowest BCUT2D eigenvalue weighted by Gasteiger charge is -1.99. The molecule has 0 aliphatic rings. The Labute approximate surface area is 95.9 Å². The number of carbonyl (C=O) groups is 1. The monoisotopic (exact) mass is 240 g/mol. The third-order valence-electron chi connectivity index (χ3n) is 2.06. The van der Waals surface area contributed by atoms with Gasteiger partial charge in [-0.3, -0.25) is 4.79 Å². The number of aldehydes is 1. The van der Waals surface area contributed by atoms with Gasteiger partial charge in [0.15, 0.2) is 6.29 Å². The van der Waals surface area contributed by atoms with E-state index in [1.807, 2.05) is 18.4 Å². The number of thiol groups is 1. The number of benzene rings is 1. The molecule has 0 spiro atoms. The standard InChI is InChI=1S/C10H8OS3/c1-13-8-5-14-10-7(8)3-2-6(4-11)9(10)12/h2-5,12H,1H3. The largest absolute Gasteiger partial charge is 0.298 e. The molecule has 0 atom stereocenters. The number of rotatable bonds is 2. The Balaban J connectivity index is 2.78. The maximum Gasteiger partial charge on any atom is 0.151 e. The van der Waals surface area contributed by atoms with Crippen LogP contribution < -0.4 is 0 Å². The Kier molecular flexibility index (Phi) is 2.85. The van der Waals surface area contributed by atoms with Gasteiger partial charge in [0.2, 0.25) is 0 Å². The minimum absolute atomic E-state index is 0.662. The van der Waals surface area contributed by atoms with Crippen LogP contribution in [0.3, 0.4) is 0 Å². The molecule has 1 heterocycles. The summed E-state index contributed by atoms with van der Waals surface area (Å²) in [6.07, 6.45) is 2.90. The van der Waals surface area contributed by atoms with E-state index < -0.39 is 0 Å². The number of hydrogen-bond acceptors (Lipinski definition) is 4. The molecular formula is C10H8OS3. The van der Waals surface area contributed by atoms with E-state index in [1.165, 1.54) is 10.3 Å². The number of carbonyl (C=O) groups excluding carboxylic acids is 1. The summed E-state index contributed by atoms with van der Waals surface area (Å²) in [5.74, 6) is 0. The van der Waals surface area contributed by atoms with Crippen LogP contribution in [0.4, 0.5) is 0 Å². The highest BCUT2D eigenvalue weighted by molar-refractivity contribution is 7.99. The molecule has 0 saturated carbocycles. The van der Waals surface area contributed by atoms with E-state index in [1.54, 1.807) is 23.1 Å². The molecule has 0 radical (unpaired) electrons. The van der Waals surface area contributed by atoms with Crippen molar-refractivity contribution in [2.75, 3.05) is 6.26 Å². The average molecular weight is 240 g/mol. The third kappa shape index (κ3) is 1.47. The zero-order chi connectivity index (χ0) is 10.1. The number of hydrogen-bond donors (Lipinski definition) is 1. The zero-order valence-corrected chi connectivity index (χ0v) is 10.0. The summed E-state index contributed by atoms with van der Waals surface area (Å²) in [6, 6.07) is 3.81. The number of thioether (sulfide) groups is 1. The highest BCUT2D eigenvalue weighted by Gasteiger charge is 2.08. The van der Waals surface area contributed by atoms with Gasteiger partial charge in [-0.2, -0.15) is 0 Å². The summed E-state index contributed by atoms with van der Waals surface area (Å²) >= 11 is 7.72. The molecule has 0 aliphatic heterocycles. The molecule has 0 bridgehead atoms. The molecule has 1 aromatic carbocycles. The SMILES string of the molecule is CSc1csc2c(S)c(C=O)ccc12. The van der Waals surface area contributed by atoms with Crippen LogP contribution in [0.25, 0.3) is 10.1 Å². The van der Waals surface area contributed by atoms with Gasteiger partial charge in [0.25, 0.3) is 0 Å². The van der Waals surface area contributed by atoms with Crippen molar-refractivity contribution < 1.29 is 4.79 Å². The summed E-state index contributed by atoms with van der Waals surface area (Å²) in [4.78, 5) is 12.7. The summed E-state index contributed by atoms with van der Waals surface area (Å²) in [6.45, 7) is 0. The van der Waals surface area contributed by atoms with Gasteiger partial charge in [0.1, 0.15) is 0 Å². The second-order valence-corrected chi connectivity index (χ2v) is 4.98. The fourth-order valence-corrected chi connectivity index (χ4v) is 3.60. The van der Waals surface area contributed by atoms with Gasteiger partial charge in [0, 0.05) is 30.8 Å². The summed E-state index contributed by atoms with van der Waals surface area (Å²) in [5, 5.41) is 3.29. The van der Waals surface area contributed by atoms with Crippen molar-refractivity contribution in [1.82, 2.24) is 0 Å². The summed E-state index contributed by atoms with van der Waals surface area (Å²) in [7, 11) is 0. The van der Waals surface area contributed by atoms with E-state index in [0.29, 0.717) is 5.56 Å². The van der Waals surface area contributed by atoms with Gasteiger partial charge in [-0.1, -0.05) is 6.07 Å². The lowest BCUT2D eigenvalue weighted by Crippen LogP contribution is -1.81. The predicted octanol–water partition coefficient (Wildman–Crippen LogP) is 3.72. The molecule has 2 aromatic rings. The average Bonchev–Trinajstić information content (AvgIpc) is 2.62. The molecule has 1 nitrogen and oxygen atoms in total. The second kappa shape index (κ2) is 3.96. The van der Waals surface area contributed by atoms with Crippen LogP contribution in [0.5, 0.6) is 0 Å². The van der Waals surface area contributed by atoms with Crippen molar-refractivity contribution in [3.63, 3.8) is 0 Å². The maximum absolute atomic E-state index is 10.7. The van der Waals surface area contributed by atoms with E-state index in [-0.39, 0.29) is 0 Å². The van der Waals surface area contributed by atoms with Crippen molar-refractivity contribution in [3.8, 4) is 0 Å². The van der Waals surface area contributed by atoms with Gasteiger partial charge in [-0.25, -0.2) is 0 Å². The first kappa shape index (κ1) is 10.1. The quantitative estimate of drug-likeness (QED) is 0.489. The number of fused-ring (bicyclic) bond motifs is 1. The minimum atomic E-state index is 0.662. The Morgan fingerprint density at radius 1 is 1.50 bits per heavy atom. The number of thiophene rings is 1. The lowest BCUT2D eigenvalue weighted by molar-refractivity contribution is 0.112. The first-order chi connectivity index (χ1) is 6.77. The van der Waals surface area contributed by atoms with Gasteiger partial charge in [-0.15, -0.1) is 35.7 Å². The van der Waals surface area contributed by atoms with E-state index in [0.717, 1.165) is 15.9 Å². The molecular weight excluding hydrogens is 232 g/mol. The first-order valence-electron chi connectivity index (χ1n) is 4.00. The molecule has 0 fully saturated rings. The van der Waals surface area contributed by atoms with Gasteiger partial charge in [0.05, 0.1) is 0 Å². The Morgan fingerprint density at radius 3 is 2.93 bits per heavy atom. The highest BCUT2D eigenvalue weighted by atomic mass is 32.2. The van der Waals surface area contributed by atoms with Crippen molar-refractivity contribution >= 4 is 52.1 Å². The van der Waals surface area contributed by atoms with Crippen molar-refractivity contribution in [2.24, 2.45) is 0 Å². The zero-order valence-electron chi connectivity index (χ0n) is 7.48. The molecule has 4 heteroatoms. The van der Waals surface area contributed by atoms with Crippen LogP contribution in [0, 0.1) is 0 Å². The molecule has 0 N–H and O–H groups in total. The van der Waals surface area contributed by atoms with E-state index in [9.17, 15) is 4.79 Å². The molecule has 0 saturated heterocycles. The van der Waals surface area contributed by atoms with Crippen molar-refractivity contribution in [1.29, 1.82) is 0 Å². The van der Waals surface area contributed by atoms with E-state index in [4.69, 9.17) is 0 Å². The van der Waals surface area contributed by atoms with Gasteiger partial charge in [-0.05, 0) is 12.3 Å². The highest BCUT2D eigenvalue weighted by Crippen LogP contribution is 2.36. The minimum Gasteiger partial charge on any atom is -0.298 e. The molecule has 72 valence electrons. The van der Waals surface area contributed by atoms with Crippen LogP contribution in [0.2, 0.25) is 0 Å². The fourth-order valence-electron chi connectivity index (χ4n) is 1.33. The van der Waals surface area contributed by atoms with E-state index in [2.05, 4.69) is 18.0 Å². The smallest absolute Gasteiger partial charge is 0.151 e. The molecule has 0 aliphatic carbocycles. The predicted molar refractivity (Wildman–Crippen MR) is 66.2 cm³/mol. The van der Waals surface area contributed by atoms with Crippen LogP contribution in [-0.2, 0) is 0 Å². The Morgan fingerprint density at radius 2 is 2.29 bits per heavy atom. The molecule has 1 aromatic heterocycles. The van der Waals surface area contributed by atoms with Crippen molar-refractivity contribution in [3.05, 3.63) is 23.1 Å². The van der Waals surface area contributed by atoms with Crippen LogP contribution >= 0.6 is 35.7 Å². The maximum atomic E-state index is 10.7. The van der Waals surface area contributed by atoms with Crippen LogP contribution in [0.1, 0.15) is 10.4 Å². The second-order valence-electron chi connectivity index (χ2n) is 2.80. The fraction of sp³-hybridized carbons (Fsp3) is 0.100. The molecule has 0 unspecified atom stereocenters. The molecule has 2 rings (SSSR count). The van der Waals surface area contributed by atoms with Gasteiger partial charge >= 0.3 is 0 Å². The molecule has 14 heavy (non-hydrogen) atoms. The first-order valence-corrected chi connectivity index (χ1v) is 6.55. The van der Waals surface area contributed by atoms with E-state index >= 15 is 0 Å².